The monoisotopic (exact) mass is 344 g/mol. The Labute approximate surface area is 148 Å². The lowest BCUT2D eigenvalue weighted by Gasteiger charge is -2.36. The highest BCUT2D eigenvalue weighted by atomic mass is 16.5. The third-order valence-electron chi connectivity index (χ3n) is 4.45. The van der Waals surface area contributed by atoms with Gasteiger partial charge in [0, 0.05) is 33.1 Å². The van der Waals surface area contributed by atoms with Crippen molar-refractivity contribution in [1.82, 2.24) is 9.80 Å². The normalized spacial score (nSPS) is 14.6. The SMILES string of the molecule is CCOc1ccc(C#N)cc1NC(=O)N1CCC(N(C)C(C)=O)CC1. The summed E-state index contributed by atoms with van der Waals surface area (Å²) in [5.74, 6) is 0.582. The van der Waals surface area contributed by atoms with Crippen molar-refractivity contribution in [2.75, 3.05) is 32.1 Å². The van der Waals surface area contributed by atoms with Crippen molar-refractivity contribution in [3.63, 3.8) is 0 Å². The van der Waals surface area contributed by atoms with Gasteiger partial charge in [0.1, 0.15) is 5.75 Å². The van der Waals surface area contributed by atoms with E-state index in [-0.39, 0.29) is 18.0 Å². The average molecular weight is 344 g/mol. The highest BCUT2D eigenvalue weighted by molar-refractivity contribution is 5.91. The maximum atomic E-state index is 12.5. The van der Waals surface area contributed by atoms with E-state index in [1.807, 2.05) is 6.92 Å². The molecule has 25 heavy (non-hydrogen) atoms. The van der Waals surface area contributed by atoms with Gasteiger partial charge in [-0.25, -0.2) is 4.79 Å². The van der Waals surface area contributed by atoms with Crippen molar-refractivity contribution in [3.8, 4) is 11.8 Å². The molecule has 0 unspecified atom stereocenters. The molecule has 2 rings (SSSR count). The average Bonchev–Trinajstić information content (AvgIpc) is 2.62. The molecule has 0 spiro atoms. The molecule has 1 saturated heterocycles. The molecule has 1 heterocycles. The van der Waals surface area contributed by atoms with E-state index < -0.39 is 0 Å². The van der Waals surface area contributed by atoms with Crippen LogP contribution < -0.4 is 10.1 Å². The Bertz CT molecular complexity index is 675. The standard InChI is InChI=1S/C18H24N4O3/c1-4-25-17-6-5-14(12-19)11-16(17)20-18(24)22-9-7-15(8-10-22)21(3)13(2)23/h5-6,11,15H,4,7-10H2,1-3H3,(H,20,24). The van der Waals surface area contributed by atoms with Crippen LogP contribution >= 0.6 is 0 Å². The topological polar surface area (TPSA) is 85.7 Å². The third kappa shape index (κ3) is 4.63. The second-order valence-corrected chi connectivity index (χ2v) is 6.03. The lowest BCUT2D eigenvalue weighted by atomic mass is 10.0. The summed E-state index contributed by atoms with van der Waals surface area (Å²) in [6.45, 7) is 5.04. The predicted molar refractivity (Wildman–Crippen MR) is 94.4 cm³/mol. The number of nitriles is 1. The van der Waals surface area contributed by atoms with Crippen LogP contribution in [0.4, 0.5) is 10.5 Å². The minimum Gasteiger partial charge on any atom is -0.492 e. The molecular weight excluding hydrogens is 320 g/mol. The van der Waals surface area contributed by atoms with Crippen molar-refractivity contribution >= 4 is 17.6 Å². The number of anilines is 1. The molecule has 134 valence electrons. The van der Waals surface area contributed by atoms with E-state index in [9.17, 15) is 9.59 Å². The number of likely N-dealkylation sites (tertiary alicyclic amines) is 1. The van der Waals surface area contributed by atoms with E-state index >= 15 is 0 Å². The van der Waals surface area contributed by atoms with E-state index in [1.54, 1.807) is 42.0 Å². The lowest BCUT2D eigenvalue weighted by molar-refractivity contribution is -0.130. The summed E-state index contributed by atoms with van der Waals surface area (Å²) in [6.07, 6.45) is 1.50. The Morgan fingerprint density at radius 2 is 2.08 bits per heavy atom. The lowest BCUT2D eigenvalue weighted by Crippen LogP contribution is -2.47. The summed E-state index contributed by atoms with van der Waals surface area (Å²) < 4.78 is 5.51. The fourth-order valence-corrected chi connectivity index (χ4v) is 2.89. The van der Waals surface area contributed by atoms with Gasteiger partial charge in [0.25, 0.3) is 0 Å². The van der Waals surface area contributed by atoms with E-state index in [0.717, 1.165) is 12.8 Å². The fraction of sp³-hybridized carbons (Fsp3) is 0.500. The number of benzene rings is 1. The highest BCUT2D eigenvalue weighted by Crippen LogP contribution is 2.26. The van der Waals surface area contributed by atoms with Crippen LogP contribution in [0.2, 0.25) is 0 Å². The Balaban J connectivity index is 2.01. The molecule has 0 aliphatic carbocycles. The molecule has 0 aromatic heterocycles. The minimum atomic E-state index is -0.222. The van der Waals surface area contributed by atoms with Crippen molar-refractivity contribution < 1.29 is 14.3 Å². The van der Waals surface area contributed by atoms with Gasteiger partial charge in [-0.2, -0.15) is 5.26 Å². The first kappa shape index (κ1) is 18.6. The molecule has 0 atom stereocenters. The van der Waals surface area contributed by atoms with Crippen LogP contribution in [0.15, 0.2) is 18.2 Å². The van der Waals surface area contributed by atoms with Gasteiger partial charge in [0.05, 0.1) is 23.9 Å². The number of rotatable bonds is 4. The van der Waals surface area contributed by atoms with Crippen LogP contribution in [-0.2, 0) is 4.79 Å². The van der Waals surface area contributed by atoms with Gasteiger partial charge in [0.15, 0.2) is 0 Å². The summed E-state index contributed by atoms with van der Waals surface area (Å²) in [4.78, 5) is 27.4. The van der Waals surface area contributed by atoms with Gasteiger partial charge >= 0.3 is 6.03 Å². The molecule has 1 aliphatic heterocycles. The zero-order chi connectivity index (χ0) is 18.4. The van der Waals surface area contributed by atoms with Gasteiger partial charge in [-0.05, 0) is 38.0 Å². The van der Waals surface area contributed by atoms with Crippen molar-refractivity contribution in [3.05, 3.63) is 23.8 Å². The third-order valence-corrected chi connectivity index (χ3v) is 4.45. The Hall–Kier alpha value is -2.75. The zero-order valence-corrected chi connectivity index (χ0v) is 14.9. The van der Waals surface area contributed by atoms with Gasteiger partial charge in [-0.1, -0.05) is 0 Å². The predicted octanol–water partition coefficient (Wildman–Crippen LogP) is 2.43. The molecule has 1 aromatic carbocycles. The van der Waals surface area contributed by atoms with Crippen molar-refractivity contribution in [1.29, 1.82) is 5.26 Å². The second kappa shape index (κ2) is 8.38. The maximum absolute atomic E-state index is 12.5. The van der Waals surface area contributed by atoms with Gasteiger partial charge < -0.3 is 19.9 Å². The van der Waals surface area contributed by atoms with E-state index in [1.165, 1.54) is 0 Å². The number of hydrogen-bond donors (Lipinski definition) is 1. The number of nitrogens with one attached hydrogen (secondary N) is 1. The fourth-order valence-electron chi connectivity index (χ4n) is 2.89. The second-order valence-electron chi connectivity index (χ2n) is 6.03. The molecule has 1 N–H and O–H groups in total. The van der Waals surface area contributed by atoms with E-state index in [2.05, 4.69) is 11.4 Å². The Morgan fingerprint density at radius 1 is 1.40 bits per heavy atom. The number of ether oxygens (including phenoxy) is 1. The minimum absolute atomic E-state index is 0.0394. The largest absolute Gasteiger partial charge is 0.492 e. The Kier molecular flexibility index (Phi) is 6.23. The molecule has 1 aliphatic rings. The number of amides is 3. The quantitative estimate of drug-likeness (QED) is 0.909. The first-order valence-electron chi connectivity index (χ1n) is 8.42. The molecule has 1 fully saturated rings. The zero-order valence-electron chi connectivity index (χ0n) is 14.9. The first-order chi connectivity index (χ1) is 12.0. The highest BCUT2D eigenvalue weighted by Gasteiger charge is 2.26. The van der Waals surface area contributed by atoms with Gasteiger partial charge in [-0.3, -0.25) is 4.79 Å². The molecule has 0 saturated carbocycles. The molecular formula is C18H24N4O3. The van der Waals surface area contributed by atoms with Crippen LogP contribution in [-0.4, -0.2) is 54.5 Å². The molecule has 0 radical (unpaired) electrons. The summed E-state index contributed by atoms with van der Waals surface area (Å²) in [7, 11) is 1.80. The summed E-state index contributed by atoms with van der Waals surface area (Å²) in [5.41, 5.74) is 0.953. The number of piperidine rings is 1. The summed E-state index contributed by atoms with van der Waals surface area (Å²) in [5, 5.41) is 11.9. The van der Waals surface area contributed by atoms with E-state index in [0.29, 0.717) is 36.7 Å². The summed E-state index contributed by atoms with van der Waals surface area (Å²) in [6, 6.07) is 6.96. The smallest absolute Gasteiger partial charge is 0.321 e. The maximum Gasteiger partial charge on any atom is 0.321 e. The van der Waals surface area contributed by atoms with Crippen molar-refractivity contribution in [2.24, 2.45) is 0 Å². The number of carbonyl (C=O) groups excluding carboxylic acids is 2. The molecule has 7 heteroatoms. The molecule has 1 aromatic rings. The number of urea groups is 1. The van der Waals surface area contributed by atoms with Gasteiger partial charge in [-0.15, -0.1) is 0 Å². The number of hydrogen-bond acceptors (Lipinski definition) is 4. The van der Waals surface area contributed by atoms with Crippen LogP contribution in [0.5, 0.6) is 5.75 Å². The van der Waals surface area contributed by atoms with Crippen LogP contribution in [0.1, 0.15) is 32.3 Å². The van der Waals surface area contributed by atoms with Crippen molar-refractivity contribution in [2.45, 2.75) is 32.7 Å². The van der Waals surface area contributed by atoms with E-state index in [4.69, 9.17) is 10.00 Å². The van der Waals surface area contributed by atoms with Gasteiger partial charge in [0.2, 0.25) is 5.91 Å². The molecule has 7 nitrogen and oxygen atoms in total. The molecule has 0 bridgehead atoms. The first-order valence-corrected chi connectivity index (χ1v) is 8.42. The number of carbonyl (C=O) groups is 2. The molecule has 3 amide bonds. The van der Waals surface area contributed by atoms with Crippen LogP contribution in [0, 0.1) is 11.3 Å². The number of nitrogens with zero attached hydrogens (tertiary/aromatic N) is 3. The summed E-state index contributed by atoms with van der Waals surface area (Å²) >= 11 is 0. The van der Waals surface area contributed by atoms with Crippen LogP contribution in [0.25, 0.3) is 0 Å². The van der Waals surface area contributed by atoms with Crippen LogP contribution in [0.3, 0.4) is 0 Å². The Morgan fingerprint density at radius 3 is 2.64 bits per heavy atom.